The van der Waals surface area contributed by atoms with Gasteiger partial charge in [0.25, 0.3) is 15.9 Å². The molecule has 2 N–H and O–H groups in total. The Morgan fingerprint density at radius 2 is 1.50 bits per heavy atom. The van der Waals surface area contributed by atoms with Gasteiger partial charge in [0, 0.05) is 12.6 Å². The summed E-state index contributed by atoms with van der Waals surface area (Å²) >= 11 is 0. The quantitative estimate of drug-likeness (QED) is 0.133. The molecule has 0 spiro atoms. The summed E-state index contributed by atoms with van der Waals surface area (Å²) < 4.78 is 39.5. The van der Waals surface area contributed by atoms with Crippen LogP contribution in [-0.2, 0) is 26.2 Å². The van der Waals surface area contributed by atoms with Crippen molar-refractivity contribution in [3.63, 3.8) is 0 Å². The number of carbonyl (C=O) groups is 2. The van der Waals surface area contributed by atoms with E-state index in [0.717, 1.165) is 20.6 Å². The van der Waals surface area contributed by atoms with Gasteiger partial charge in [0.15, 0.2) is 0 Å². The topological polar surface area (TPSA) is 126 Å². The molecule has 0 aliphatic carbocycles. The van der Waals surface area contributed by atoms with Crippen LogP contribution in [0.3, 0.4) is 0 Å². The number of anilines is 2. The molecule has 0 fully saturated rings. The number of hydrazone groups is 1. The van der Waals surface area contributed by atoms with Crippen molar-refractivity contribution >= 4 is 50.2 Å². The van der Waals surface area contributed by atoms with Crippen LogP contribution >= 0.6 is 0 Å². The Labute approximate surface area is 267 Å². The lowest BCUT2D eigenvalue weighted by Crippen LogP contribution is -2.39. The summed E-state index contributed by atoms with van der Waals surface area (Å²) in [5.41, 5.74) is 4.89. The normalized spacial score (nSPS) is 11.3. The number of carbonyl (C=O) groups excluding carboxylic acids is 2. The van der Waals surface area contributed by atoms with Gasteiger partial charge in [-0.25, -0.2) is 13.8 Å². The third kappa shape index (κ3) is 7.88. The maximum atomic E-state index is 13.7. The summed E-state index contributed by atoms with van der Waals surface area (Å²) in [5, 5.41) is 8.91. The van der Waals surface area contributed by atoms with E-state index >= 15 is 0 Å². The monoisotopic (exact) mass is 636 g/mol. The van der Waals surface area contributed by atoms with Crippen molar-refractivity contribution in [2.75, 3.05) is 23.3 Å². The zero-order valence-corrected chi connectivity index (χ0v) is 26.0. The first kappa shape index (κ1) is 31.7. The fourth-order valence-corrected chi connectivity index (χ4v) is 6.10. The summed E-state index contributed by atoms with van der Waals surface area (Å²) in [6.07, 6.45) is 1.46. The van der Waals surface area contributed by atoms with Crippen molar-refractivity contribution in [2.45, 2.75) is 18.4 Å². The van der Waals surface area contributed by atoms with Gasteiger partial charge >= 0.3 is 0 Å². The number of rotatable bonds is 12. The molecule has 11 heteroatoms. The molecule has 5 aromatic carbocycles. The molecular formula is C35H32N4O6S. The highest BCUT2D eigenvalue weighted by Gasteiger charge is 2.27. The van der Waals surface area contributed by atoms with Crippen molar-refractivity contribution in [3.05, 3.63) is 126 Å². The average Bonchev–Trinajstić information content (AvgIpc) is 3.07. The maximum absolute atomic E-state index is 13.7. The van der Waals surface area contributed by atoms with Gasteiger partial charge in [0.2, 0.25) is 5.91 Å². The minimum atomic E-state index is -4.18. The molecule has 10 nitrogen and oxygen atoms in total. The molecule has 0 aliphatic heterocycles. The third-order valence-electron chi connectivity index (χ3n) is 6.97. The summed E-state index contributed by atoms with van der Waals surface area (Å²) in [4.78, 5) is 24.2. The van der Waals surface area contributed by atoms with E-state index in [4.69, 9.17) is 9.47 Å². The SMILES string of the molecule is COc1ccc(N(CC(=O)N/N=C\c2ccc(OCc3cccc4ccccc34)cc2)S(=O)(=O)c2ccc(NC(C)=O)cc2)cc1. The molecule has 0 saturated carbocycles. The van der Waals surface area contributed by atoms with Gasteiger partial charge in [0.05, 0.1) is 23.9 Å². The van der Waals surface area contributed by atoms with Crippen LogP contribution in [0.1, 0.15) is 18.1 Å². The molecular weight excluding hydrogens is 604 g/mol. The zero-order chi connectivity index (χ0) is 32.5. The lowest BCUT2D eigenvalue weighted by molar-refractivity contribution is -0.119. The fraction of sp³-hybridized carbons (Fsp3) is 0.114. The van der Waals surface area contributed by atoms with Crippen molar-refractivity contribution in [2.24, 2.45) is 5.10 Å². The second-order valence-electron chi connectivity index (χ2n) is 10.2. The van der Waals surface area contributed by atoms with Crippen molar-refractivity contribution in [3.8, 4) is 11.5 Å². The molecule has 0 saturated heterocycles. The predicted molar refractivity (Wildman–Crippen MR) is 179 cm³/mol. The average molecular weight is 637 g/mol. The van der Waals surface area contributed by atoms with Gasteiger partial charge in [0.1, 0.15) is 24.7 Å². The van der Waals surface area contributed by atoms with E-state index in [2.05, 4.69) is 34.0 Å². The van der Waals surface area contributed by atoms with Crippen LogP contribution in [0.15, 0.2) is 125 Å². The number of amides is 2. The van der Waals surface area contributed by atoms with E-state index in [0.29, 0.717) is 29.4 Å². The number of benzene rings is 5. The molecule has 46 heavy (non-hydrogen) atoms. The van der Waals surface area contributed by atoms with Gasteiger partial charge in [-0.2, -0.15) is 5.10 Å². The van der Waals surface area contributed by atoms with Crippen molar-refractivity contribution < 1.29 is 27.5 Å². The molecule has 234 valence electrons. The minimum Gasteiger partial charge on any atom is -0.497 e. The number of hydrogen-bond acceptors (Lipinski definition) is 7. The van der Waals surface area contributed by atoms with Gasteiger partial charge < -0.3 is 14.8 Å². The summed E-state index contributed by atoms with van der Waals surface area (Å²) in [5.74, 6) is 0.272. The number of hydrogen-bond donors (Lipinski definition) is 2. The van der Waals surface area contributed by atoms with E-state index in [9.17, 15) is 18.0 Å². The van der Waals surface area contributed by atoms with E-state index in [-0.39, 0.29) is 16.5 Å². The number of nitrogens with one attached hydrogen (secondary N) is 2. The van der Waals surface area contributed by atoms with Crippen molar-refractivity contribution in [1.82, 2.24) is 5.43 Å². The molecule has 0 atom stereocenters. The first-order chi connectivity index (χ1) is 22.2. The number of sulfonamides is 1. The number of ether oxygens (including phenoxy) is 2. The van der Waals surface area contributed by atoms with Crippen molar-refractivity contribution in [1.29, 1.82) is 0 Å². The van der Waals surface area contributed by atoms with Crippen LogP contribution in [0.5, 0.6) is 11.5 Å². The number of fused-ring (bicyclic) bond motifs is 1. The Morgan fingerprint density at radius 3 is 2.20 bits per heavy atom. The lowest BCUT2D eigenvalue weighted by atomic mass is 10.1. The highest BCUT2D eigenvalue weighted by molar-refractivity contribution is 7.92. The van der Waals surface area contributed by atoms with Crippen LogP contribution in [0.25, 0.3) is 10.8 Å². The zero-order valence-electron chi connectivity index (χ0n) is 25.2. The third-order valence-corrected chi connectivity index (χ3v) is 8.76. The molecule has 0 unspecified atom stereocenters. The summed E-state index contributed by atoms with van der Waals surface area (Å²) in [6, 6.07) is 33.4. The number of nitrogens with zero attached hydrogens (tertiary/aromatic N) is 2. The van der Waals surface area contributed by atoms with Gasteiger partial charge in [-0.1, -0.05) is 42.5 Å². The Morgan fingerprint density at radius 1 is 0.826 bits per heavy atom. The van der Waals surface area contributed by atoms with Gasteiger partial charge in [-0.3, -0.25) is 13.9 Å². The van der Waals surface area contributed by atoms with E-state index < -0.39 is 22.5 Å². The Kier molecular flexibility index (Phi) is 9.94. The van der Waals surface area contributed by atoms with Crippen LogP contribution in [0.2, 0.25) is 0 Å². The Bertz CT molecular complexity index is 1950. The highest BCUT2D eigenvalue weighted by atomic mass is 32.2. The van der Waals surface area contributed by atoms with E-state index in [1.165, 1.54) is 44.5 Å². The smallest absolute Gasteiger partial charge is 0.264 e. The standard InChI is InChI=1S/C35H32N4O6S/c1-25(40)37-29-12-20-33(21-13-29)46(42,43)39(30-14-18-31(44-2)19-15-30)23-35(41)38-36-22-26-10-16-32(17-11-26)45-24-28-8-5-7-27-6-3-4-9-34(27)28/h3-22H,23-24H2,1-2H3,(H,37,40)(H,38,41)/b36-22-. The molecule has 2 amide bonds. The molecule has 0 bridgehead atoms. The minimum absolute atomic E-state index is 0.0588. The Hall–Kier alpha value is -5.68. The van der Waals surface area contributed by atoms with E-state index in [1.54, 1.807) is 36.4 Å². The molecule has 5 rings (SSSR count). The second kappa shape index (κ2) is 14.4. The largest absolute Gasteiger partial charge is 0.497 e. The number of methoxy groups -OCH3 is 1. The fourth-order valence-electron chi connectivity index (χ4n) is 4.68. The highest BCUT2D eigenvalue weighted by Crippen LogP contribution is 2.27. The van der Waals surface area contributed by atoms with Crippen LogP contribution in [0.4, 0.5) is 11.4 Å². The molecule has 5 aromatic rings. The van der Waals surface area contributed by atoms with Gasteiger partial charge in [-0.05, 0) is 94.7 Å². The summed E-state index contributed by atoms with van der Waals surface area (Å²) in [7, 11) is -2.68. The molecule has 0 radical (unpaired) electrons. The second-order valence-corrected chi connectivity index (χ2v) is 12.1. The molecule has 0 aliphatic rings. The maximum Gasteiger partial charge on any atom is 0.264 e. The van der Waals surface area contributed by atoms with Crippen LogP contribution < -0.4 is 24.5 Å². The lowest BCUT2D eigenvalue weighted by Gasteiger charge is -2.24. The predicted octanol–water partition coefficient (Wildman–Crippen LogP) is 5.73. The van der Waals surface area contributed by atoms with E-state index in [1.807, 2.05) is 36.4 Å². The van der Waals surface area contributed by atoms with Crippen LogP contribution in [0, 0.1) is 0 Å². The van der Waals surface area contributed by atoms with Gasteiger partial charge in [-0.15, -0.1) is 0 Å². The first-order valence-corrected chi connectivity index (χ1v) is 15.7. The molecule has 0 heterocycles. The summed E-state index contributed by atoms with van der Waals surface area (Å²) in [6.45, 7) is 1.23. The first-order valence-electron chi connectivity index (χ1n) is 14.3. The van der Waals surface area contributed by atoms with Crippen LogP contribution in [-0.4, -0.2) is 40.1 Å². The Balaban J connectivity index is 1.24. The molecule has 0 aromatic heterocycles.